The smallest absolute Gasteiger partial charge is 0.243 e. The van der Waals surface area contributed by atoms with Gasteiger partial charge in [-0.3, -0.25) is 4.90 Å². The summed E-state index contributed by atoms with van der Waals surface area (Å²) in [6.45, 7) is 3.52. The first-order valence-electron chi connectivity index (χ1n) is 9.05. The van der Waals surface area contributed by atoms with Crippen LogP contribution in [-0.2, 0) is 10.0 Å². The number of nitrogens with zero attached hydrogens (tertiary/aromatic N) is 4. The van der Waals surface area contributed by atoms with Gasteiger partial charge in [0.1, 0.15) is 5.82 Å². The van der Waals surface area contributed by atoms with Gasteiger partial charge in [-0.15, -0.1) is 0 Å². The Morgan fingerprint density at radius 3 is 2.67 bits per heavy atom. The van der Waals surface area contributed by atoms with Gasteiger partial charge in [0.2, 0.25) is 15.9 Å². The van der Waals surface area contributed by atoms with Crippen molar-refractivity contribution in [1.82, 2.24) is 19.3 Å². The molecule has 2 aromatic rings. The SMILES string of the molecule is Cc1nc(C2CC3(CCN(S(=O)(=O)c4cccc(F)c4)CC3)CN2C)no1. The molecule has 0 bridgehead atoms. The van der Waals surface area contributed by atoms with Crippen LogP contribution in [0.5, 0.6) is 0 Å². The second kappa shape index (κ2) is 6.65. The van der Waals surface area contributed by atoms with Crippen LogP contribution >= 0.6 is 0 Å². The lowest BCUT2D eigenvalue weighted by molar-refractivity contribution is 0.161. The zero-order valence-electron chi connectivity index (χ0n) is 15.4. The van der Waals surface area contributed by atoms with E-state index in [-0.39, 0.29) is 16.4 Å². The third-order valence-corrected chi connectivity index (χ3v) is 7.70. The molecule has 2 fully saturated rings. The van der Waals surface area contributed by atoms with Gasteiger partial charge in [-0.05, 0) is 49.9 Å². The summed E-state index contributed by atoms with van der Waals surface area (Å²) in [6.07, 6.45) is 2.41. The molecule has 2 saturated heterocycles. The summed E-state index contributed by atoms with van der Waals surface area (Å²) in [5.41, 5.74) is 0.0436. The largest absolute Gasteiger partial charge is 0.340 e. The molecule has 2 aliphatic rings. The molecule has 0 saturated carbocycles. The second-order valence-electron chi connectivity index (χ2n) is 7.67. The third kappa shape index (κ3) is 3.39. The van der Waals surface area contributed by atoms with Crippen molar-refractivity contribution in [3.63, 3.8) is 0 Å². The minimum Gasteiger partial charge on any atom is -0.340 e. The molecule has 9 heteroatoms. The van der Waals surface area contributed by atoms with E-state index >= 15 is 0 Å². The molecular formula is C18H23FN4O3S. The van der Waals surface area contributed by atoms with Gasteiger partial charge in [0.25, 0.3) is 0 Å². The number of likely N-dealkylation sites (tertiary alicyclic amines) is 1. The molecule has 1 spiro atoms. The van der Waals surface area contributed by atoms with E-state index in [0.29, 0.717) is 24.8 Å². The van der Waals surface area contributed by atoms with Gasteiger partial charge >= 0.3 is 0 Å². The zero-order valence-corrected chi connectivity index (χ0v) is 16.2. The Morgan fingerprint density at radius 2 is 2.04 bits per heavy atom. The maximum Gasteiger partial charge on any atom is 0.243 e. The van der Waals surface area contributed by atoms with Crippen molar-refractivity contribution in [2.45, 2.75) is 37.1 Å². The number of hydrogen-bond acceptors (Lipinski definition) is 6. The van der Waals surface area contributed by atoms with Crippen LogP contribution in [0.1, 0.15) is 37.0 Å². The van der Waals surface area contributed by atoms with Crippen LogP contribution < -0.4 is 0 Å². The molecule has 2 aliphatic heterocycles. The van der Waals surface area contributed by atoms with Crippen LogP contribution in [0.25, 0.3) is 0 Å². The normalized spacial score (nSPS) is 23.9. The van der Waals surface area contributed by atoms with Crippen LogP contribution in [0.2, 0.25) is 0 Å². The Kier molecular flexibility index (Phi) is 4.56. The first kappa shape index (κ1) is 18.5. The number of aryl methyl sites for hydroxylation is 1. The van der Waals surface area contributed by atoms with Gasteiger partial charge in [0, 0.05) is 26.6 Å². The number of halogens is 1. The van der Waals surface area contributed by atoms with E-state index in [1.807, 2.05) is 7.05 Å². The minimum atomic E-state index is -3.67. The maximum absolute atomic E-state index is 13.4. The lowest BCUT2D eigenvalue weighted by Gasteiger charge is -2.38. The standard InChI is InChI=1S/C18H23FN4O3S/c1-13-20-17(21-26-13)16-11-18(12-22(16)2)6-8-23(9-7-18)27(24,25)15-5-3-4-14(19)10-15/h3-5,10,16H,6-9,11-12H2,1-2H3. The summed E-state index contributed by atoms with van der Waals surface area (Å²) in [5, 5.41) is 4.06. The molecule has 0 aliphatic carbocycles. The molecule has 3 heterocycles. The molecule has 1 unspecified atom stereocenters. The fraction of sp³-hybridized carbons (Fsp3) is 0.556. The van der Waals surface area contributed by atoms with E-state index in [9.17, 15) is 12.8 Å². The molecule has 0 radical (unpaired) electrons. The highest BCUT2D eigenvalue weighted by Crippen LogP contribution is 2.48. The van der Waals surface area contributed by atoms with E-state index < -0.39 is 15.8 Å². The van der Waals surface area contributed by atoms with Crippen molar-refractivity contribution >= 4 is 10.0 Å². The van der Waals surface area contributed by atoms with E-state index in [0.717, 1.165) is 31.9 Å². The van der Waals surface area contributed by atoms with Gasteiger partial charge in [-0.25, -0.2) is 12.8 Å². The lowest BCUT2D eigenvalue weighted by atomic mass is 9.77. The Bertz CT molecular complexity index is 938. The minimum absolute atomic E-state index is 0.0159. The van der Waals surface area contributed by atoms with E-state index in [1.54, 1.807) is 6.92 Å². The van der Waals surface area contributed by atoms with Gasteiger partial charge in [0.15, 0.2) is 5.82 Å². The monoisotopic (exact) mass is 394 g/mol. The lowest BCUT2D eigenvalue weighted by Crippen LogP contribution is -2.44. The number of aromatic nitrogens is 2. The Balaban J connectivity index is 1.47. The van der Waals surface area contributed by atoms with E-state index in [4.69, 9.17) is 4.52 Å². The molecule has 27 heavy (non-hydrogen) atoms. The summed E-state index contributed by atoms with van der Waals surface area (Å²) in [4.78, 5) is 6.60. The van der Waals surface area contributed by atoms with Gasteiger partial charge < -0.3 is 4.52 Å². The summed E-state index contributed by atoms with van der Waals surface area (Å²) in [5.74, 6) is 0.706. The first-order valence-corrected chi connectivity index (χ1v) is 10.5. The number of sulfonamides is 1. The van der Waals surface area contributed by atoms with Crippen LogP contribution in [0.15, 0.2) is 33.7 Å². The average Bonchev–Trinajstić information content (AvgIpc) is 3.19. The maximum atomic E-state index is 13.4. The zero-order chi connectivity index (χ0) is 19.2. The van der Waals surface area contributed by atoms with Crippen molar-refractivity contribution in [3.8, 4) is 0 Å². The van der Waals surface area contributed by atoms with Crippen LogP contribution in [0.4, 0.5) is 4.39 Å². The van der Waals surface area contributed by atoms with Crippen LogP contribution in [0, 0.1) is 18.2 Å². The molecule has 146 valence electrons. The van der Waals surface area contributed by atoms with Crippen molar-refractivity contribution in [1.29, 1.82) is 0 Å². The third-order valence-electron chi connectivity index (χ3n) is 5.80. The summed E-state index contributed by atoms with van der Waals surface area (Å²) >= 11 is 0. The topological polar surface area (TPSA) is 79.5 Å². The van der Waals surface area contributed by atoms with E-state index in [2.05, 4.69) is 15.0 Å². The Hall–Kier alpha value is -1.84. The molecule has 0 N–H and O–H groups in total. The molecule has 1 atom stereocenters. The van der Waals surface area contributed by atoms with Crippen molar-refractivity contribution < 1.29 is 17.3 Å². The summed E-state index contributed by atoms with van der Waals surface area (Å²) in [6, 6.07) is 5.29. The van der Waals surface area contributed by atoms with Gasteiger partial charge in [0.05, 0.1) is 10.9 Å². The highest BCUT2D eigenvalue weighted by Gasteiger charge is 2.47. The highest BCUT2D eigenvalue weighted by molar-refractivity contribution is 7.89. The molecular weight excluding hydrogens is 371 g/mol. The fourth-order valence-corrected chi connectivity index (χ4v) is 5.82. The van der Waals surface area contributed by atoms with Crippen molar-refractivity contribution in [3.05, 3.63) is 41.8 Å². The summed E-state index contributed by atoms with van der Waals surface area (Å²) < 4.78 is 45.7. The average molecular weight is 394 g/mol. The second-order valence-corrected chi connectivity index (χ2v) is 9.61. The van der Waals surface area contributed by atoms with Gasteiger partial charge in [-0.2, -0.15) is 9.29 Å². The van der Waals surface area contributed by atoms with Crippen molar-refractivity contribution in [2.24, 2.45) is 5.41 Å². The molecule has 1 aromatic carbocycles. The Labute approximate surface area is 158 Å². The fourth-order valence-electron chi connectivity index (χ4n) is 4.35. The predicted octanol–water partition coefficient (Wildman–Crippen LogP) is 2.36. The van der Waals surface area contributed by atoms with Gasteiger partial charge in [-0.1, -0.05) is 11.2 Å². The number of benzene rings is 1. The number of piperidine rings is 1. The molecule has 7 nitrogen and oxygen atoms in total. The van der Waals surface area contributed by atoms with Crippen LogP contribution in [-0.4, -0.2) is 54.4 Å². The quantitative estimate of drug-likeness (QED) is 0.795. The summed E-state index contributed by atoms with van der Waals surface area (Å²) in [7, 11) is -1.62. The predicted molar refractivity (Wildman–Crippen MR) is 95.8 cm³/mol. The highest BCUT2D eigenvalue weighted by atomic mass is 32.2. The van der Waals surface area contributed by atoms with E-state index in [1.165, 1.54) is 22.5 Å². The Morgan fingerprint density at radius 1 is 1.30 bits per heavy atom. The molecule has 0 amide bonds. The molecule has 1 aromatic heterocycles. The van der Waals surface area contributed by atoms with Crippen LogP contribution in [0.3, 0.4) is 0 Å². The first-order chi connectivity index (χ1) is 12.8. The number of rotatable bonds is 3. The molecule has 4 rings (SSSR count). The van der Waals surface area contributed by atoms with Crippen molar-refractivity contribution in [2.75, 3.05) is 26.7 Å². The number of hydrogen-bond donors (Lipinski definition) is 0.